The summed E-state index contributed by atoms with van der Waals surface area (Å²) in [6, 6.07) is 0.0670. The summed E-state index contributed by atoms with van der Waals surface area (Å²) in [5.41, 5.74) is 6.29. The zero-order chi connectivity index (χ0) is 15.4. The fraction of sp³-hybridized carbons (Fsp3) is 0.714. The van der Waals surface area contributed by atoms with E-state index in [0.717, 1.165) is 31.0 Å². The minimum atomic E-state index is -0.173. The third kappa shape index (κ3) is 3.85. The second kappa shape index (κ2) is 7.09. The molecule has 2 atom stereocenters. The molecular weight excluding hydrogens is 288 g/mol. The Morgan fingerprint density at radius 1 is 1.57 bits per heavy atom. The van der Waals surface area contributed by atoms with Crippen LogP contribution in [-0.2, 0) is 4.74 Å². The van der Waals surface area contributed by atoms with Crippen molar-refractivity contribution in [2.75, 3.05) is 24.2 Å². The standard InChI is InChI=1S/C14H24N4O2S/c1-4-10-9(5-6-20-10)7-16-14-11(12(15)18-21-14)13(19)17-8(2)3/h8-10,16H,4-7H2,1-3H3,(H2,15,18)(H,17,19). The number of amides is 1. The summed E-state index contributed by atoms with van der Waals surface area (Å²) in [5.74, 6) is 0.586. The molecule has 1 aliphatic heterocycles. The molecule has 0 aliphatic carbocycles. The minimum absolute atomic E-state index is 0.0670. The minimum Gasteiger partial charge on any atom is -0.382 e. The lowest BCUT2D eigenvalue weighted by Crippen LogP contribution is -2.31. The first-order chi connectivity index (χ1) is 10.0. The molecular formula is C14H24N4O2S. The number of nitrogens with one attached hydrogen (secondary N) is 2. The first-order valence-corrected chi connectivity index (χ1v) is 8.21. The smallest absolute Gasteiger partial charge is 0.258 e. The predicted octanol–water partition coefficient (Wildman–Crippen LogP) is 2.09. The number of anilines is 2. The second-order valence-corrected chi connectivity index (χ2v) is 6.42. The van der Waals surface area contributed by atoms with Crippen molar-refractivity contribution >= 4 is 28.3 Å². The van der Waals surface area contributed by atoms with Crippen LogP contribution in [0.3, 0.4) is 0 Å². The van der Waals surface area contributed by atoms with Crippen molar-refractivity contribution in [1.82, 2.24) is 9.69 Å². The Bertz CT molecular complexity index is 489. The van der Waals surface area contributed by atoms with E-state index in [-0.39, 0.29) is 17.8 Å². The average Bonchev–Trinajstić information content (AvgIpc) is 3.01. The van der Waals surface area contributed by atoms with Crippen LogP contribution < -0.4 is 16.4 Å². The molecule has 0 saturated carbocycles. The highest BCUT2D eigenvalue weighted by Gasteiger charge is 2.27. The molecule has 2 rings (SSSR count). The maximum absolute atomic E-state index is 12.2. The van der Waals surface area contributed by atoms with Gasteiger partial charge < -0.3 is 21.1 Å². The van der Waals surface area contributed by atoms with Crippen LogP contribution in [-0.4, -0.2) is 35.6 Å². The van der Waals surface area contributed by atoms with Crippen LogP contribution in [0.1, 0.15) is 44.0 Å². The summed E-state index contributed by atoms with van der Waals surface area (Å²) in [4.78, 5) is 12.2. The van der Waals surface area contributed by atoms with E-state index in [2.05, 4.69) is 21.9 Å². The molecule has 0 aromatic carbocycles. The predicted molar refractivity (Wildman–Crippen MR) is 85.8 cm³/mol. The fourth-order valence-corrected chi connectivity index (χ4v) is 3.30. The molecule has 1 aromatic rings. The molecule has 1 saturated heterocycles. The summed E-state index contributed by atoms with van der Waals surface area (Å²) >= 11 is 1.24. The SMILES string of the molecule is CCC1OCCC1CNc1snc(N)c1C(=O)NC(C)C. The normalized spacial score (nSPS) is 21.7. The van der Waals surface area contributed by atoms with Crippen molar-refractivity contribution in [2.45, 2.75) is 45.8 Å². The lowest BCUT2D eigenvalue weighted by Gasteiger charge is -2.17. The van der Waals surface area contributed by atoms with Crippen molar-refractivity contribution in [3.63, 3.8) is 0 Å². The van der Waals surface area contributed by atoms with E-state index in [9.17, 15) is 4.79 Å². The third-order valence-electron chi connectivity index (χ3n) is 3.64. The topological polar surface area (TPSA) is 89.3 Å². The third-order valence-corrected chi connectivity index (χ3v) is 4.46. The zero-order valence-electron chi connectivity index (χ0n) is 12.8. The van der Waals surface area contributed by atoms with Gasteiger partial charge in [-0.25, -0.2) is 0 Å². The number of hydrogen-bond acceptors (Lipinski definition) is 6. The van der Waals surface area contributed by atoms with Crippen LogP contribution in [0.2, 0.25) is 0 Å². The van der Waals surface area contributed by atoms with Crippen LogP contribution in [0, 0.1) is 5.92 Å². The van der Waals surface area contributed by atoms with Crippen molar-refractivity contribution in [1.29, 1.82) is 0 Å². The molecule has 118 valence electrons. The molecule has 2 heterocycles. The highest BCUT2D eigenvalue weighted by Crippen LogP contribution is 2.29. The largest absolute Gasteiger partial charge is 0.382 e. The summed E-state index contributed by atoms with van der Waals surface area (Å²) in [5, 5.41) is 6.93. The molecule has 0 spiro atoms. The first kappa shape index (κ1) is 16.0. The van der Waals surface area contributed by atoms with Crippen LogP contribution in [0.5, 0.6) is 0 Å². The van der Waals surface area contributed by atoms with Gasteiger partial charge in [-0.2, -0.15) is 4.37 Å². The number of ether oxygens (including phenoxy) is 1. The Balaban J connectivity index is 2.02. The monoisotopic (exact) mass is 312 g/mol. The van der Waals surface area contributed by atoms with E-state index >= 15 is 0 Å². The molecule has 1 fully saturated rings. The summed E-state index contributed by atoms with van der Waals surface area (Å²) in [6.45, 7) is 7.57. The van der Waals surface area contributed by atoms with E-state index in [1.54, 1.807) is 0 Å². The quantitative estimate of drug-likeness (QED) is 0.748. The molecule has 0 radical (unpaired) electrons. The van der Waals surface area contributed by atoms with Gasteiger partial charge in [0.1, 0.15) is 10.6 Å². The molecule has 6 nitrogen and oxygen atoms in total. The van der Waals surface area contributed by atoms with Gasteiger partial charge in [-0.05, 0) is 38.2 Å². The van der Waals surface area contributed by atoms with Crippen LogP contribution in [0.15, 0.2) is 0 Å². The van der Waals surface area contributed by atoms with Crippen molar-refractivity contribution < 1.29 is 9.53 Å². The van der Waals surface area contributed by atoms with E-state index in [1.807, 2.05) is 13.8 Å². The van der Waals surface area contributed by atoms with Crippen molar-refractivity contribution in [3.8, 4) is 0 Å². The summed E-state index contributed by atoms with van der Waals surface area (Å²) in [6.07, 6.45) is 2.36. The van der Waals surface area contributed by atoms with Gasteiger partial charge in [0.25, 0.3) is 5.91 Å². The Labute approximate surface area is 129 Å². The van der Waals surface area contributed by atoms with Crippen molar-refractivity contribution in [2.24, 2.45) is 5.92 Å². The van der Waals surface area contributed by atoms with Crippen molar-refractivity contribution in [3.05, 3.63) is 5.56 Å². The first-order valence-electron chi connectivity index (χ1n) is 7.44. The van der Waals surface area contributed by atoms with E-state index in [4.69, 9.17) is 10.5 Å². The maximum atomic E-state index is 12.2. The number of rotatable bonds is 6. The number of aromatic nitrogens is 1. The highest BCUT2D eigenvalue weighted by atomic mass is 32.1. The molecule has 21 heavy (non-hydrogen) atoms. The molecule has 1 aliphatic rings. The lowest BCUT2D eigenvalue weighted by molar-refractivity contribution is 0.0900. The second-order valence-electron chi connectivity index (χ2n) is 5.65. The van der Waals surface area contributed by atoms with Crippen LogP contribution in [0.4, 0.5) is 10.8 Å². The van der Waals surface area contributed by atoms with Gasteiger partial charge in [0.05, 0.1) is 6.10 Å². The Morgan fingerprint density at radius 2 is 2.33 bits per heavy atom. The number of hydrogen-bond donors (Lipinski definition) is 3. The van der Waals surface area contributed by atoms with Gasteiger partial charge >= 0.3 is 0 Å². The summed E-state index contributed by atoms with van der Waals surface area (Å²) in [7, 11) is 0. The van der Waals surface area contributed by atoms with E-state index in [1.165, 1.54) is 11.5 Å². The van der Waals surface area contributed by atoms with Gasteiger partial charge in [-0.3, -0.25) is 4.79 Å². The number of nitrogens with zero attached hydrogens (tertiary/aromatic N) is 1. The average molecular weight is 312 g/mol. The van der Waals surface area contributed by atoms with E-state index in [0.29, 0.717) is 17.6 Å². The maximum Gasteiger partial charge on any atom is 0.258 e. The Kier molecular flexibility index (Phi) is 5.41. The number of nitrogens with two attached hydrogens (primary N) is 1. The fourth-order valence-electron chi connectivity index (χ4n) is 2.58. The molecule has 7 heteroatoms. The van der Waals surface area contributed by atoms with Crippen LogP contribution >= 0.6 is 11.5 Å². The molecule has 4 N–H and O–H groups in total. The molecule has 1 aromatic heterocycles. The van der Waals surface area contributed by atoms with Crippen LogP contribution in [0.25, 0.3) is 0 Å². The Morgan fingerprint density at radius 3 is 3.00 bits per heavy atom. The van der Waals surface area contributed by atoms with E-state index < -0.39 is 0 Å². The molecule has 1 amide bonds. The number of nitrogen functional groups attached to an aromatic ring is 1. The van der Waals surface area contributed by atoms with Gasteiger partial charge in [-0.15, -0.1) is 0 Å². The molecule has 0 bridgehead atoms. The van der Waals surface area contributed by atoms with Gasteiger partial charge in [0.2, 0.25) is 0 Å². The molecule has 2 unspecified atom stereocenters. The highest BCUT2D eigenvalue weighted by molar-refractivity contribution is 7.11. The van der Waals surface area contributed by atoms with Gasteiger partial charge in [0.15, 0.2) is 5.82 Å². The Hall–Kier alpha value is -1.34. The van der Waals surface area contributed by atoms with Gasteiger partial charge in [0, 0.05) is 25.1 Å². The number of carbonyl (C=O) groups is 1. The zero-order valence-corrected chi connectivity index (χ0v) is 13.6. The summed E-state index contributed by atoms with van der Waals surface area (Å²) < 4.78 is 9.78. The van der Waals surface area contributed by atoms with Gasteiger partial charge in [-0.1, -0.05) is 6.92 Å². The lowest BCUT2D eigenvalue weighted by atomic mass is 10.00. The number of carbonyl (C=O) groups excluding carboxylic acids is 1.